The van der Waals surface area contributed by atoms with Gasteiger partial charge in [0.1, 0.15) is 5.76 Å². The number of amides is 1. The summed E-state index contributed by atoms with van der Waals surface area (Å²) in [6.07, 6.45) is 3.82. The molecule has 0 aromatic carbocycles. The van der Waals surface area contributed by atoms with Gasteiger partial charge in [-0.1, -0.05) is 0 Å². The maximum Gasteiger partial charge on any atom is 0.220 e. The van der Waals surface area contributed by atoms with Crippen LogP contribution in [0, 0.1) is 5.92 Å². The molecule has 2 atom stereocenters. The molecule has 128 valence electrons. The van der Waals surface area contributed by atoms with Crippen molar-refractivity contribution < 1.29 is 18.7 Å². The number of furan rings is 1. The first-order chi connectivity index (χ1) is 11.3. The van der Waals surface area contributed by atoms with Crippen molar-refractivity contribution in [3.8, 4) is 0 Å². The molecule has 23 heavy (non-hydrogen) atoms. The van der Waals surface area contributed by atoms with Gasteiger partial charge in [0.05, 0.1) is 26.1 Å². The minimum Gasteiger partial charge on any atom is -0.469 e. The molecule has 3 heterocycles. The molecule has 6 heteroatoms. The van der Waals surface area contributed by atoms with Crippen LogP contribution in [0.25, 0.3) is 0 Å². The first kappa shape index (κ1) is 16.5. The summed E-state index contributed by atoms with van der Waals surface area (Å²) >= 11 is 0. The fraction of sp³-hybridized carbons (Fsp3) is 0.706. The van der Waals surface area contributed by atoms with E-state index in [1.165, 1.54) is 0 Å². The Balaban J connectivity index is 1.47. The van der Waals surface area contributed by atoms with E-state index >= 15 is 0 Å². The van der Waals surface area contributed by atoms with Crippen LogP contribution in [0.15, 0.2) is 22.8 Å². The molecule has 0 bridgehead atoms. The predicted molar refractivity (Wildman–Crippen MR) is 85.1 cm³/mol. The Kier molecular flexibility index (Phi) is 6.07. The summed E-state index contributed by atoms with van der Waals surface area (Å²) in [6.45, 7) is 5.73. The lowest BCUT2D eigenvalue weighted by Crippen LogP contribution is -2.52. The van der Waals surface area contributed by atoms with Gasteiger partial charge >= 0.3 is 0 Å². The van der Waals surface area contributed by atoms with E-state index in [9.17, 15) is 4.79 Å². The minimum atomic E-state index is 0.0820. The van der Waals surface area contributed by atoms with Crippen LogP contribution in [-0.4, -0.2) is 62.9 Å². The normalized spacial score (nSPS) is 23.7. The highest BCUT2D eigenvalue weighted by atomic mass is 16.5. The standard InChI is InChI=1S/C17H26N2O4/c20-17(4-3-15-2-1-8-23-15)18-12-16(14-5-9-22-13-14)19-6-10-21-11-7-19/h1-2,8,14,16H,3-7,9-13H2,(H,18,20)/t14-,16-/m1/s1. The van der Waals surface area contributed by atoms with E-state index < -0.39 is 0 Å². The van der Waals surface area contributed by atoms with Crippen LogP contribution in [0.3, 0.4) is 0 Å². The number of hydrogen-bond donors (Lipinski definition) is 1. The van der Waals surface area contributed by atoms with Gasteiger partial charge in [0.15, 0.2) is 0 Å². The zero-order valence-electron chi connectivity index (χ0n) is 13.5. The lowest BCUT2D eigenvalue weighted by molar-refractivity contribution is -0.121. The van der Waals surface area contributed by atoms with Crippen LogP contribution < -0.4 is 5.32 Å². The Morgan fingerprint density at radius 1 is 1.30 bits per heavy atom. The van der Waals surface area contributed by atoms with Gasteiger partial charge in [-0.05, 0) is 18.6 Å². The average molecular weight is 322 g/mol. The summed E-state index contributed by atoms with van der Waals surface area (Å²) in [4.78, 5) is 14.6. The summed E-state index contributed by atoms with van der Waals surface area (Å²) in [5.41, 5.74) is 0. The second-order valence-electron chi connectivity index (χ2n) is 6.22. The van der Waals surface area contributed by atoms with Gasteiger partial charge in [0.25, 0.3) is 0 Å². The van der Waals surface area contributed by atoms with E-state index in [1.54, 1.807) is 6.26 Å². The summed E-state index contributed by atoms with van der Waals surface area (Å²) in [6, 6.07) is 4.09. The third-order valence-corrected chi connectivity index (χ3v) is 4.71. The molecular weight excluding hydrogens is 296 g/mol. The second kappa shape index (κ2) is 8.47. The van der Waals surface area contributed by atoms with Gasteiger partial charge in [0, 0.05) is 51.0 Å². The summed E-state index contributed by atoms with van der Waals surface area (Å²) in [7, 11) is 0. The Morgan fingerprint density at radius 3 is 2.87 bits per heavy atom. The highest BCUT2D eigenvalue weighted by molar-refractivity contribution is 5.76. The minimum absolute atomic E-state index is 0.0820. The van der Waals surface area contributed by atoms with E-state index in [0.717, 1.165) is 51.7 Å². The molecule has 0 aliphatic carbocycles. The molecule has 0 unspecified atom stereocenters. The maximum absolute atomic E-state index is 12.1. The molecule has 3 rings (SSSR count). The zero-order chi connectivity index (χ0) is 15.9. The molecule has 2 aliphatic rings. The van der Waals surface area contributed by atoms with E-state index in [-0.39, 0.29) is 5.91 Å². The number of hydrogen-bond acceptors (Lipinski definition) is 5. The zero-order valence-corrected chi connectivity index (χ0v) is 13.5. The number of morpholine rings is 1. The van der Waals surface area contributed by atoms with Gasteiger partial charge < -0.3 is 19.2 Å². The molecule has 1 amide bonds. The highest BCUT2D eigenvalue weighted by Crippen LogP contribution is 2.21. The molecule has 2 aliphatic heterocycles. The van der Waals surface area contributed by atoms with Crippen molar-refractivity contribution in [2.24, 2.45) is 5.92 Å². The van der Waals surface area contributed by atoms with Crippen molar-refractivity contribution in [2.45, 2.75) is 25.3 Å². The molecule has 1 N–H and O–H groups in total. The molecule has 0 spiro atoms. The largest absolute Gasteiger partial charge is 0.469 e. The van der Waals surface area contributed by atoms with Gasteiger partial charge in [-0.3, -0.25) is 9.69 Å². The fourth-order valence-electron chi connectivity index (χ4n) is 3.36. The summed E-state index contributed by atoms with van der Waals surface area (Å²) < 4.78 is 16.3. The van der Waals surface area contributed by atoms with Gasteiger partial charge in [-0.25, -0.2) is 0 Å². The van der Waals surface area contributed by atoms with Crippen molar-refractivity contribution in [1.82, 2.24) is 10.2 Å². The van der Waals surface area contributed by atoms with Crippen molar-refractivity contribution in [3.05, 3.63) is 24.2 Å². The fourth-order valence-corrected chi connectivity index (χ4v) is 3.36. The molecule has 2 fully saturated rings. The smallest absolute Gasteiger partial charge is 0.220 e. The number of nitrogens with zero attached hydrogens (tertiary/aromatic N) is 1. The molecule has 0 saturated carbocycles. The molecule has 0 radical (unpaired) electrons. The van der Waals surface area contributed by atoms with E-state index in [2.05, 4.69) is 10.2 Å². The topological polar surface area (TPSA) is 63.9 Å². The Hall–Kier alpha value is -1.37. The molecule has 2 saturated heterocycles. The van der Waals surface area contributed by atoms with Crippen LogP contribution in [0.1, 0.15) is 18.6 Å². The lowest BCUT2D eigenvalue weighted by atomic mass is 9.96. The van der Waals surface area contributed by atoms with Crippen molar-refractivity contribution >= 4 is 5.91 Å². The number of carbonyl (C=O) groups is 1. The maximum atomic E-state index is 12.1. The van der Waals surface area contributed by atoms with Gasteiger partial charge in [-0.2, -0.15) is 0 Å². The van der Waals surface area contributed by atoms with Crippen molar-refractivity contribution in [1.29, 1.82) is 0 Å². The number of aryl methyl sites for hydroxylation is 1. The molecular formula is C17H26N2O4. The first-order valence-corrected chi connectivity index (χ1v) is 8.51. The van der Waals surface area contributed by atoms with Gasteiger partial charge in [-0.15, -0.1) is 0 Å². The average Bonchev–Trinajstić information content (AvgIpc) is 3.28. The van der Waals surface area contributed by atoms with Crippen LogP contribution in [0.2, 0.25) is 0 Å². The quantitative estimate of drug-likeness (QED) is 0.813. The van der Waals surface area contributed by atoms with E-state index in [0.29, 0.717) is 31.3 Å². The number of carbonyl (C=O) groups excluding carboxylic acids is 1. The third kappa shape index (κ3) is 4.80. The number of nitrogens with one attached hydrogen (secondary N) is 1. The number of rotatable bonds is 7. The van der Waals surface area contributed by atoms with Crippen molar-refractivity contribution in [2.75, 3.05) is 46.1 Å². The van der Waals surface area contributed by atoms with Crippen LogP contribution >= 0.6 is 0 Å². The van der Waals surface area contributed by atoms with Crippen molar-refractivity contribution in [3.63, 3.8) is 0 Å². The van der Waals surface area contributed by atoms with E-state index in [4.69, 9.17) is 13.9 Å². The summed E-state index contributed by atoms with van der Waals surface area (Å²) in [5.74, 6) is 1.44. The Bertz CT molecular complexity index is 465. The predicted octanol–water partition coefficient (Wildman–Crippen LogP) is 1.07. The first-order valence-electron chi connectivity index (χ1n) is 8.51. The molecule has 1 aromatic heterocycles. The monoisotopic (exact) mass is 322 g/mol. The number of ether oxygens (including phenoxy) is 2. The van der Waals surface area contributed by atoms with Crippen LogP contribution in [-0.2, 0) is 20.7 Å². The highest BCUT2D eigenvalue weighted by Gasteiger charge is 2.31. The molecule has 1 aromatic rings. The Labute approximate surface area is 137 Å². The lowest BCUT2D eigenvalue weighted by Gasteiger charge is -2.37. The second-order valence-corrected chi connectivity index (χ2v) is 6.22. The third-order valence-electron chi connectivity index (χ3n) is 4.71. The van der Waals surface area contributed by atoms with E-state index in [1.807, 2.05) is 12.1 Å². The molecule has 6 nitrogen and oxygen atoms in total. The summed E-state index contributed by atoms with van der Waals surface area (Å²) in [5, 5.41) is 3.10. The van der Waals surface area contributed by atoms with Crippen LogP contribution in [0.5, 0.6) is 0 Å². The Morgan fingerprint density at radius 2 is 2.17 bits per heavy atom. The van der Waals surface area contributed by atoms with Gasteiger partial charge in [0.2, 0.25) is 5.91 Å². The van der Waals surface area contributed by atoms with Crippen LogP contribution in [0.4, 0.5) is 0 Å². The SMILES string of the molecule is O=C(CCc1ccco1)NC[C@H]([C@@H]1CCOC1)N1CCOCC1.